The van der Waals surface area contributed by atoms with Crippen molar-refractivity contribution in [3.8, 4) is 0 Å². The van der Waals surface area contributed by atoms with Gasteiger partial charge >= 0.3 is 0 Å². The molecule has 2 N–H and O–H groups in total. The van der Waals surface area contributed by atoms with Crippen LogP contribution in [0.3, 0.4) is 0 Å². The van der Waals surface area contributed by atoms with Crippen LogP contribution in [0.4, 0.5) is 38.9 Å². The summed E-state index contributed by atoms with van der Waals surface area (Å²) in [4.78, 5) is 26.2. The van der Waals surface area contributed by atoms with Gasteiger partial charge in [-0.05, 0) is 67.9 Å². The summed E-state index contributed by atoms with van der Waals surface area (Å²) in [6, 6.07) is 14.2. The second-order valence-corrected chi connectivity index (χ2v) is 10.1. The van der Waals surface area contributed by atoms with Crippen molar-refractivity contribution in [3.63, 3.8) is 0 Å². The Bertz CT molecular complexity index is 1330. The standard InChI is InChI=1S/C28H30FN7O/c1-34-12-14-35(15-13-34)22-6-3-20(4-7-22)32-27-30-18-24(29)26(33-27)31-21-5-8-23-25(17-21)36(11-2-16-37)19-28(23)9-10-28/h2-8,11,16-18H,9-10,12-15,19H2,1H3,(H2,30,31,32,33). The minimum Gasteiger partial charge on any atom is -0.369 e. The maximum Gasteiger partial charge on any atom is 0.229 e. The third kappa shape index (κ3) is 4.74. The van der Waals surface area contributed by atoms with Gasteiger partial charge in [0, 0.05) is 67.1 Å². The van der Waals surface area contributed by atoms with Crippen LogP contribution in [0.2, 0.25) is 0 Å². The first-order valence-electron chi connectivity index (χ1n) is 12.7. The van der Waals surface area contributed by atoms with Crippen molar-refractivity contribution in [2.45, 2.75) is 18.3 Å². The maximum atomic E-state index is 14.6. The van der Waals surface area contributed by atoms with Gasteiger partial charge < -0.3 is 25.3 Å². The summed E-state index contributed by atoms with van der Waals surface area (Å²) in [6.07, 6.45) is 7.55. The molecule has 9 heteroatoms. The summed E-state index contributed by atoms with van der Waals surface area (Å²) in [7, 11) is 2.14. The Hall–Kier alpha value is -3.98. The highest BCUT2D eigenvalue weighted by Gasteiger charge is 2.51. The minimum atomic E-state index is -0.534. The molecule has 1 aliphatic carbocycles. The molecule has 0 unspecified atom stereocenters. The van der Waals surface area contributed by atoms with Gasteiger partial charge in [0.2, 0.25) is 5.95 Å². The van der Waals surface area contributed by atoms with Crippen LogP contribution in [-0.2, 0) is 10.2 Å². The van der Waals surface area contributed by atoms with Gasteiger partial charge in [-0.1, -0.05) is 6.07 Å². The highest BCUT2D eigenvalue weighted by molar-refractivity contribution is 5.75. The van der Waals surface area contributed by atoms with E-state index in [1.54, 1.807) is 0 Å². The molecule has 0 bridgehead atoms. The van der Waals surface area contributed by atoms with Gasteiger partial charge in [-0.15, -0.1) is 0 Å². The third-order valence-electron chi connectivity index (χ3n) is 7.55. The Kier molecular flexibility index (Phi) is 6.00. The zero-order valence-corrected chi connectivity index (χ0v) is 20.8. The zero-order chi connectivity index (χ0) is 25.4. The van der Waals surface area contributed by atoms with Gasteiger partial charge in [-0.3, -0.25) is 4.79 Å². The second kappa shape index (κ2) is 9.48. The quantitative estimate of drug-likeness (QED) is 0.366. The summed E-state index contributed by atoms with van der Waals surface area (Å²) in [6.45, 7) is 4.98. The molecule has 0 atom stereocenters. The van der Waals surface area contributed by atoms with Gasteiger partial charge in [0.1, 0.15) is 6.29 Å². The van der Waals surface area contributed by atoms with Gasteiger partial charge in [0.25, 0.3) is 0 Å². The van der Waals surface area contributed by atoms with Crippen LogP contribution in [0.15, 0.2) is 60.9 Å². The van der Waals surface area contributed by atoms with E-state index in [9.17, 15) is 9.18 Å². The fraction of sp³-hybridized carbons (Fsp3) is 0.321. The number of allylic oxidation sites excluding steroid dienone is 1. The van der Waals surface area contributed by atoms with Crippen molar-refractivity contribution in [3.05, 3.63) is 72.3 Å². The summed E-state index contributed by atoms with van der Waals surface area (Å²) in [5, 5.41) is 6.29. The Balaban J connectivity index is 1.17. The van der Waals surface area contributed by atoms with Gasteiger partial charge in [-0.2, -0.15) is 4.98 Å². The first-order chi connectivity index (χ1) is 18.0. The molecule has 1 saturated carbocycles. The molecule has 190 valence electrons. The van der Waals surface area contributed by atoms with Crippen molar-refractivity contribution < 1.29 is 9.18 Å². The van der Waals surface area contributed by atoms with Crippen molar-refractivity contribution in [1.82, 2.24) is 14.9 Å². The van der Waals surface area contributed by atoms with Crippen molar-refractivity contribution in [2.24, 2.45) is 0 Å². The van der Waals surface area contributed by atoms with E-state index in [-0.39, 0.29) is 11.2 Å². The fourth-order valence-corrected chi connectivity index (χ4v) is 5.24. The lowest BCUT2D eigenvalue weighted by Gasteiger charge is -2.34. The van der Waals surface area contributed by atoms with E-state index in [2.05, 4.69) is 60.5 Å². The Morgan fingerprint density at radius 1 is 1.00 bits per heavy atom. The topological polar surface area (TPSA) is 76.6 Å². The summed E-state index contributed by atoms with van der Waals surface area (Å²) in [5.41, 5.74) is 5.23. The highest BCUT2D eigenvalue weighted by Crippen LogP contribution is 2.57. The smallest absolute Gasteiger partial charge is 0.229 e. The number of carbonyl (C=O) groups excluding carboxylic acids is 1. The van der Waals surface area contributed by atoms with Crippen LogP contribution in [-0.4, -0.2) is 60.9 Å². The van der Waals surface area contributed by atoms with E-state index >= 15 is 0 Å². The molecular weight excluding hydrogens is 469 g/mol. The molecule has 1 spiro atoms. The van der Waals surface area contributed by atoms with Crippen LogP contribution in [0.25, 0.3) is 0 Å². The third-order valence-corrected chi connectivity index (χ3v) is 7.55. The lowest BCUT2D eigenvalue weighted by Crippen LogP contribution is -2.44. The molecule has 3 heterocycles. The number of anilines is 6. The molecular formula is C28H30FN7O. The predicted molar refractivity (Wildman–Crippen MR) is 145 cm³/mol. The zero-order valence-electron chi connectivity index (χ0n) is 20.8. The number of rotatable bonds is 7. The number of hydrogen-bond donors (Lipinski definition) is 2. The minimum absolute atomic E-state index is 0.0978. The van der Waals surface area contributed by atoms with Crippen LogP contribution in [0.1, 0.15) is 18.4 Å². The average molecular weight is 500 g/mol. The van der Waals surface area contributed by atoms with E-state index < -0.39 is 5.82 Å². The monoisotopic (exact) mass is 499 g/mol. The fourth-order valence-electron chi connectivity index (χ4n) is 5.24. The number of carbonyl (C=O) groups is 1. The molecule has 2 fully saturated rings. The number of benzene rings is 2. The molecule has 0 radical (unpaired) electrons. The van der Waals surface area contributed by atoms with Crippen LogP contribution >= 0.6 is 0 Å². The maximum absolute atomic E-state index is 14.6. The Labute approximate surface area is 215 Å². The number of halogens is 1. The molecule has 8 nitrogen and oxygen atoms in total. The van der Waals surface area contributed by atoms with E-state index in [1.165, 1.54) is 23.5 Å². The molecule has 6 rings (SSSR count). The molecule has 3 aromatic rings. The van der Waals surface area contributed by atoms with Crippen LogP contribution in [0.5, 0.6) is 0 Å². The van der Waals surface area contributed by atoms with E-state index in [0.717, 1.165) is 68.9 Å². The number of nitrogens with one attached hydrogen (secondary N) is 2. The van der Waals surface area contributed by atoms with Gasteiger partial charge in [-0.25, -0.2) is 9.37 Å². The highest BCUT2D eigenvalue weighted by atomic mass is 19.1. The number of likely N-dealkylation sites (N-methyl/N-ethyl adjacent to an activating group) is 1. The van der Waals surface area contributed by atoms with Gasteiger partial charge in [0.15, 0.2) is 11.6 Å². The predicted octanol–water partition coefficient (Wildman–Crippen LogP) is 4.42. The van der Waals surface area contributed by atoms with E-state index in [4.69, 9.17) is 0 Å². The van der Waals surface area contributed by atoms with E-state index in [1.807, 2.05) is 30.5 Å². The Morgan fingerprint density at radius 2 is 1.76 bits per heavy atom. The van der Waals surface area contributed by atoms with Gasteiger partial charge in [0.05, 0.1) is 6.20 Å². The number of nitrogens with zero attached hydrogens (tertiary/aromatic N) is 5. The van der Waals surface area contributed by atoms with Crippen LogP contribution in [0, 0.1) is 5.82 Å². The largest absolute Gasteiger partial charge is 0.369 e. The summed E-state index contributed by atoms with van der Waals surface area (Å²) >= 11 is 0. The SMILES string of the molecule is CN1CCN(c2ccc(Nc3ncc(F)c(Nc4ccc5c(c4)N(C=CC=O)CC54CC4)n3)cc2)CC1. The van der Waals surface area contributed by atoms with Crippen molar-refractivity contribution in [1.29, 1.82) is 0 Å². The molecule has 2 aromatic carbocycles. The van der Waals surface area contributed by atoms with Crippen molar-refractivity contribution in [2.75, 3.05) is 60.2 Å². The average Bonchev–Trinajstić information content (AvgIpc) is 3.63. The molecule has 37 heavy (non-hydrogen) atoms. The molecule has 1 saturated heterocycles. The first-order valence-corrected chi connectivity index (χ1v) is 12.7. The first kappa shape index (κ1) is 23.4. The number of fused-ring (bicyclic) bond motifs is 2. The summed E-state index contributed by atoms with van der Waals surface area (Å²) in [5.74, 6) is -0.127. The number of aldehydes is 1. The normalized spacial score (nSPS) is 18.3. The molecule has 0 amide bonds. The number of aromatic nitrogens is 2. The summed E-state index contributed by atoms with van der Waals surface area (Å²) < 4.78 is 14.6. The van der Waals surface area contributed by atoms with E-state index in [0.29, 0.717) is 5.95 Å². The molecule has 2 aliphatic heterocycles. The van der Waals surface area contributed by atoms with Crippen LogP contribution < -0.4 is 20.4 Å². The second-order valence-electron chi connectivity index (χ2n) is 10.1. The molecule has 3 aliphatic rings. The number of piperazine rings is 1. The van der Waals surface area contributed by atoms with Crippen molar-refractivity contribution >= 4 is 40.8 Å². The lowest BCUT2D eigenvalue weighted by molar-refractivity contribution is -0.104. The lowest BCUT2D eigenvalue weighted by atomic mass is 9.98. The molecule has 1 aromatic heterocycles. The number of hydrogen-bond acceptors (Lipinski definition) is 8. The Morgan fingerprint density at radius 3 is 2.49 bits per heavy atom.